The van der Waals surface area contributed by atoms with Crippen molar-refractivity contribution in [3.05, 3.63) is 0 Å². The number of likely N-dealkylation sites (N-methyl/N-ethyl adjacent to an activating group) is 1. The Balaban J connectivity index is 3.19. The number of carbonyl (C=O) groups is 1. The standard InChI is InChI=1S/C5H9N3O/c1-2-7-3-5(9)8-4-6/h7H,2-3H2,1H3,(H,8,9). The molecule has 0 aromatic carbocycles. The summed E-state index contributed by atoms with van der Waals surface area (Å²) in [6.07, 6.45) is 1.54. The first-order chi connectivity index (χ1) is 4.31. The zero-order chi connectivity index (χ0) is 7.11. The Labute approximate surface area is 53.9 Å². The zero-order valence-corrected chi connectivity index (χ0v) is 5.27. The number of nitrogens with zero attached hydrogens (tertiary/aromatic N) is 1. The van der Waals surface area contributed by atoms with Crippen LogP contribution < -0.4 is 10.6 Å². The molecule has 0 aliphatic rings. The van der Waals surface area contributed by atoms with Crippen molar-refractivity contribution in [3.8, 4) is 6.19 Å². The molecule has 4 heteroatoms. The lowest BCUT2D eigenvalue weighted by atomic mass is 10.6. The Morgan fingerprint density at radius 2 is 2.44 bits per heavy atom. The highest BCUT2D eigenvalue weighted by molar-refractivity contribution is 5.79. The molecule has 50 valence electrons. The number of rotatable bonds is 3. The van der Waals surface area contributed by atoms with Gasteiger partial charge in [0.05, 0.1) is 6.54 Å². The van der Waals surface area contributed by atoms with Gasteiger partial charge in [-0.1, -0.05) is 6.92 Å². The van der Waals surface area contributed by atoms with Crippen molar-refractivity contribution < 1.29 is 4.79 Å². The Kier molecular flexibility index (Phi) is 4.46. The van der Waals surface area contributed by atoms with E-state index in [9.17, 15) is 4.79 Å². The van der Waals surface area contributed by atoms with Gasteiger partial charge in [-0.15, -0.1) is 0 Å². The maximum atomic E-state index is 10.4. The molecule has 1 amide bonds. The second-order valence-corrected chi connectivity index (χ2v) is 1.44. The maximum Gasteiger partial charge on any atom is 0.246 e. The van der Waals surface area contributed by atoms with E-state index in [0.29, 0.717) is 0 Å². The molecule has 0 saturated carbocycles. The molecular weight excluding hydrogens is 118 g/mol. The summed E-state index contributed by atoms with van der Waals surface area (Å²) in [6.45, 7) is 2.84. The quantitative estimate of drug-likeness (QED) is 0.385. The van der Waals surface area contributed by atoms with Crippen LogP contribution in [0.15, 0.2) is 0 Å². The van der Waals surface area contributed by atoms with E-state index in [1.807, 2.05) is 12.2 Å². The Morgan fingerprint density at radius 3 is 2.89 bits per heavy atom. The lowest BCUT2D eigenvalue weighted by Crippen LogP contribution is -2.30. The van der Waals surface area contributed by atoms with Gasteiger partial charge in [0, 0.05) is 0 Å². The van der Waals surface area contributed by atoms with Crippen LogP contribution in [0.5, 0.6) is 0 Å². The summed E-state index contributed by atoms with van der Waals surface area (Å²) >= 11 is 0. The third-order valence-corrected chi connectivity index (χ3v) is 0.731. The zero-order valence-electron chi connectivity index (χ0n) is 5.27. The van der Waals surface area contributed by atoms with Crippen LogP contribution in [0.2, 0.25) is 0 Å². The Bertz CT molecular complexity index is 127. The van der Waals surface area contributed by atoms with Crippen LogP contribution in [0.3, 0.4) is 0 Å². The number of nitrogens with one attached hydrogen (secondary N) is 2. The van der Waals surface area contributed by atoms with E-state index in [2.05, 4.69) is 5.32 Å². The molecule has 0 aromatic rings. The SMILES string of the molecule is CCNCC(=O)NC#N. The lowest BCUT2D eigenvalue weighted by molar-refractivity contribution is -0.119. The van der Waals surface area contributed by atoms with E-state index in [1.54, 1.807) is 0 Å². The van der Waals surface area contributed by atoms with E-state index in [-0.39, 0.29) is 12.5 Å². The number of hydrogen-bond donors (Lipinski definition) is 2. The molecule has 0 spiro atoms. The van der Waals surface area contributed by atoms with Crippen molar-refractivity contribution in [2.75, 3.05) is 13.1 Å². The highest BCUT2D eigenvalue weighted by Gasteiger charge is 1.94. The van der Waals surface area contributed by atoms with Gasteiger partial charge in [0.2, 0.25) is 5.91 Å². The number of hydrogen-bond acceptors (Lipinski definition) is 3. The molecule has 4 nitrogen and oxygen atoms in total. The molecule has 0 fully saturated rings. The molecule has 0 heterocycles. The highest BCUT2D eigenvalue weighted by atomic mass is 16.1. The van der Waals surface area contributed by atoms with E-state index >= 15 is 0 Å². The average Bonchev–Trinajstić information content (AvgIpc) is 1.85. The molecule has 9 heavy (non-hydrogen) atoms. The third-order valence-electron chi connectivity index (χ3n) is 0.731. The second-order valence-electron chi connectivity index (χ2n) is 1.44. The van der Waals surface area contributed by atoms with Crippen molar-refractivity contribution in [3.63, 3.8) is 0 Å². The largest absolute Gasteiger partial charge is 0.309 e. The molecule has 0 atom stereocenters. The van der Waals surface area contributed by atoms with Gasteiger partial charge in [-0.3, -0.25) is 10.1 Å². The van der Waals surface area contributed by atoms with E-state index in [0.717, 1.165) is 6.54 Å². The molecule has 2 N–H and O–H groups in total. The molecule has 0 saturated heterocycles. The second kappa shape index (κ2) is 5.06. The van der Waals surface area contributed by atoms with Crippen LogP contribution >= 0.6 is 0 Å². The number of amides is 1. The first kappa shape index (κ1) is 7.92. The first-order valence-corrected chi connectivity index (χ1v) is 2.70. The van der Waals surface area contributed by atoms with Crippen molar-refractivity contribution in [2.45, 2.75) is 6.92 Å². The lowest BCUT2D eigenvalue weighted by Gasteiger charge is -1.95. The topological polar surface area (TPSA) is 64.9 Å². The summed E-state index contributed by atoms with van der Waals surface area (Å²) in [4.78, 5) is 10.4. The van der Waals surface area contributed by atoms with Gasteiger partial charge in [0.25, 0.3) is 0 Å². The van der Waals surface area contributed by atoms with Crippen LogP contribution in [-0.4, -0.2) is 19.0 Å². The maximum absolute atomic E-state index is 10.4. The summed E-state index contributed by atoms with van der Waals surface area (Å²) in [5, 5.41) is 12.7. The summed E-state index contributed by atoms with van der Waals surface area (Å²) in [5.41, 5.74) is 0. The van der Waals surface area contributed by atoms with Gasteiger partial charge in [0.1, 0.15) is 0 Å². The fourth-order valence-electron chi connectivity index (χ4n) is 0.345. The van der Waals surface area contributed by atoms with E-state index in [4.69, 9.17) is 5.26 Å². The van der Waals surface area contributed by atoms with Crippen LogP contribution in [0.25, 0.3) is 0 Å². The van der Waals surface area contributed by atoms with Crippen molar-refractivity contribution in [2.24, 2.45) is 0 Å². The normalized spacial score (nSPS) is 8.00. The summed E-state index contributed by atoms with van der Waals surface area (Å²) < 4.78 is 0. The predicted molar refractivity (Wildman–Crippen MR) is 32.3 cm³/mol. The van der Waals surface area contributed by atoms with Gasteiger partial charge in [0.15, 0.2) is 6.19 Å². The number of carbonyl (C=O) groups excluding carboxylic acids is 1. The number of nitriles is 1. The molecule has 0 radical (unpaired) electrons. The van der Waals surface area contributed by atoms with Crippen LogP contribution in [0, 0.1) is 11.5 Å². The predicted octanol–water partition coefficient (Wildman–Crippen LogP) is -0.807. The molecule has 0 aromatic heterocycles. The van der Waals surface area contributed by atoms with Crippen molar-refractivity contribution >= 4 is 5.91 Å². The smallest absolute Gasteiger partial charge is 0.246 e. The summed E-state index contributed by atoms with van der Waals surface area (Å²) in [5.74, 6) is -0.292. The van der Waals surface area contributed by atoms with Gasteiger partial charge in [-0.05, 0) is 6.54 Å². The van der Waals surface area contributed by atoms with Gasteiger partial charge in [-0.2, -0.15) is 5.26 Å². The van der Waals surface area contributed by atoms with Crippen LogP contribution in [-0.2, 0) is 4.79 Å². The Hall–Kier alpha value is -1.08. The molecule has 0 aliphatic carbocycles. The van der Waals surface area contributed by atoms with Crippen LogP contribution in [0.1, 0.15) is 6.92 Å². The molecule has 0 bridgehead atoms. The third kappa shape index (κ3) is 4.78. The van der Waals surface area contributed by atoms with Gasteiger partial charge >= 0.3 is 0 Å². The molecule has 0 rings (SSSR count). The van der Waals surface area contributed by atoms with E-state index < -0.39 is 0 Å². The molecular formula is C5H9N3O. The molecule has 0 unspecified atom stereocenters. The Morgan fingerprint density at radius 1 is 1.78 bits per heavy atom. The monoisotopic (exact) mass is 127 g/mol. The van der Waals surface area contributed by atoms with Gasteiger partial charge in [-0.25, -0.2) is 0 Å². The summed E-state index contributed by atoms with van der Waals surface area (Å²) in [7, 11) is 0. The minimum absolute atomic E-state index is 0.212. The van der Waals surface area contributed by atoms with Crippen molar-refractivity contribution in [1.29, 1.82) is 5.26 Å². The minimum Gasteiger partial charge on any atom is -0.309 e. The van der Waals surface area contributed by atoms with E-state index in [1.165, 1.54) is 6.19 Å². The average molecular weight is 127 g/mol. The highest BCUT2D eigenvalue weighted by Crippen LogP contribution is 1.59. The summed E-state index contributed by atoms with van der Waals surface area (Å²) in [6, 6.07) is 0. The van der Waals surface area contributed by atoms with Crippen LogP contribution in [0.4, 0.5) is 0 Å². The molecule has 0 aliphatic heterocycles. The fourth-order valence-corrected chi connectivity index (χ4v) is 0.345. The minimum atomic E-state index is -0.292. The fraction of sp³-hybridized carbons (Fsp3) is 0.600. The van der Waals surface area contributed by atoms with Crippen molar-refractivity contribution in [1.82, 2.24) is 10.6 Å². The van der Waals surface area contributed by atoms with Gasteiger partial charge < -0.3 is 5.32 Å². The first-order valence-electron chi connectivity index (χ1n) is 2.70.